The molecule has 1 rings (SSSR count). The molecule has 0 amide bonds. The Kier molecular flexibility index (Phi) is 8.62. The lowest BCUT2D eigenvalue weighted by molar-refractivity contribution is 0.0925. The number of aliphatic hydroxyl groups excluding tert-OH is 1. The summed E-state index contributed by atoms with van der Waals surface area (Å²) < 4.78 is 10.9. The van der Waals surface area contributed by atoms with Gasteiger partial charge in [-0.25, -0.2) is 0 Å². The molecule has 1 aromatic carbocycles. The van der Waals surface area contributed by atoms with Crippen molar-refractivity contribution in [3.63, 3.8) is 0 Å². The zero-order valence-corrected chi connectivity index (χ0v) is 12.9. The molecule has 4 nitrogen and oxygen atoms in total. The molecule has 0 aliphatic carbocycles. The van der Waals surface area contributed by atoms with Crippen LogP contribution in [0.25, 0.3) is 0 Å². The Morgan fingerprint density at radius 3 is 2.55 bits per heavy atom. The van der Waals surface area contributed by atoms with Crippen LogP contribution in [0.5, 0.6) is 5.75 Å². The molecule has 114 valence electrons. The third-order valence-electron chi connectivity index (χ3n) is 2.51. The molecular weight excluding hydrogens is 278 g/mol. The largest absolute Gasteiger partial charge is 0.491 e. The van der Waals surface area contributed by atoms with Gasteiger partial charge in [0.1, 0.15) is 18.5 Å². The van der Waals surface area contributed by atoms with Crippen LogP contribution in [0.15, 0.2) is 24.3 Å². The summed E-state index contributed by atoms with van der Waals surface area (Å²) in [6.45, 7) is 7.12. The molecule has 1 atom stereocenters. The van der Waals surface area contributed by atoms with Crippen LogP contribution in [0.3, 0.4) is 0 Å². The van der Waals surface area contributed by atoms with Gasteiger partial charge in [0, 0.05) is 24.7 Å². The zero-order chi connectivity index (χ0) is 14.8. The van der Waals surface area contributed by atoms with Crippen molar-refractivity contribution in [1.29, 1.82) is 0 Å². The van der Waals surface area contributed by atoms with Gasteiger partial charge in [0.2, 0.25) is 0 Å². The van der Waals surface area contributed by atoms with Gasteiger partial charge in [0.25, 0.3) is 0 Å². The Bertz CT molecular complexity index is 357. The predicted molar refractivity (Wildman–Crippen MR) is 81.5 cm³/mol. The molecule has 0 saturated heterocycles. The molecule has 2 N–H and O–H groups in total. The monoisotopic (exact) mass is 301 g/mol. The standard InChI is InChI=1S/C15H24ClNO3/c1-12(2)10-19-8-7-17-9-14(18)11-20-15-5-3-13(16)4-6-15/h3-6,12,14,17-18H,7-11H2,1-2H3. The lowest BCUT2D eigenvalue weighted by Crippen LogP contribution is -2.33. The van der Waals surface area contributed by atoms with Crippen LogP contribution in [0.4, 0.5) is 0 Å². The first-order valence-corrected chi connectivity index (χ1v) is 7.30. The molecular formula is C15H24ClNO3. The average molecular weight is 302 g/mol. The van der Waals surface area contributed by atoms with Crippen LogP contribution in [0, 0.1) is 5.92 Å². The number of halogens is 1. The number of benzene rings is 1. The SMILES string of the molecule is CC(C)COCCNCC(O)COc1ccc(Cl)cc1. The van der Waals surface area contributed by atoms with E-state index in [9.17, 15) is 5.11 Å². The highest BCUT2D eigenvalue weighted by molar-refractivity contribution is 6.30. The Balaban J connectivity index is 2.03. The van der Waals surface area contributed by atoms with E-state index in [0.717, 1.165) is 13.2 Å². The van der Waals surface area contributed by atoms with E-state index >= 15 is 0 Å². The van der Waals surface area contributed by atoms with Gasteiger partial charge < -0.3 is 19.9 Å². The summed E-state index contributed by atoms with van der Waals surface area (Å²) in [5.74, 6) is 1.25. The number of hydrogen-bond donors (Lipinski definition) is 2. The smallest absolute Gasteiger partial charge is 0.119 e. The van der Waals surface area contributed by atoms with E-state index in [2.05, 4.69) is 19.2 Å². The fourth-order valence-corrected chi connectivity index (χ4v) is 1.64. The van der Waals surface area contributed by atoms with Gasteiger partial charge in [-0.1, -0.05) is 25.4 Å². The van der Waals surface area contributed by atoms with E-state index in [1.54, 1.807) is 24.3 Å². The lowest BCUT2D eigenvalue weighted by atomic mass is 10.2. The van der Waals surface area contributed by atoms with Gasteiger partial charge in [-0.05, 0) is 30.2 Å². The first-order chi connectivity index (χ1) is 9.58. The van der Waals surface area contributed by atoms with Crippen molar-refractivity contribution >= 4 is 11.6 Å². The van der Waals surface area contributed by atoms with Gasteiger partial charge in [-0.15, -0.1) is 0 Å². The van der Waals surface area contributed by atoms with Crippen molar-refractivity contribution in [2.24, 2.45) is 5.92 Å². The Hall–Kier alpha value is -0.810. The lowest BCUT2D eigenvalue weighted by Gasteiger charge is -2.13. The molecule has 0 saturated carbocycles. The maximum absolute atomic E-state index is 9.76. The third-order valence-corrected chi connectivity index (χ3v) is 2.76. The number of hydrogen-bond acceptors (Lipinski definition) is 4. The number of aliphatic hydroxyl groups is 1. The summed E-state index contributed by atoms with van der Waals surface area (Å²) in [5.41, 5.74) is 0. The van der Waals surface area contributed by atoms with Crippen LogP contribution >= 0.6 is 11.6 Å². The maximum Gasteiger partial charge on any atom is 0.119 e. The molecule has 0 aliphatic rings. The molecule has 1 unspecified atom stereocenters. The molecule has 0 heterocycles. The minimum atomic E-state index is -0.546. The van der Waals surface area contributed by atoms with Crippen LogP contribution in [0.1, 0.15) is 13.8 Å². The summed E-state index contributed by atoms with van der Waals surface area (Å²) in [4.78, 5) is 0. The molecule has 5 heteroatoms. The van der Waals surface area contributed by atoms with Crippen molar-refractivity contribution in [2.45, 2.75) is 20.0 Å². The summed E-state index contributed by atoms with van der Waals surface area (Å²) in [6.07, 6.45) is -0.546. The molecule has 0 fully saturated rings. The predicted octanol–water partition coefficient (Wildman–Crippen LogP) is 2.34. The van der Waals surface area contributed by atoms with E-state index in [1.165, 1.54) is 0 Å². The second-order valence-electron chi connectivity index (χ2n) is 5.09. The van der Waals surface area contributed by atoms with Gasteiger partial charge in [0.15, 0.2) is 0 Å². The van der Waals surface area contributed by atoms with E-state index in [0.29, 0.717) is 29.8 Å². The fourth-order valence-electron chi connectivity index (χ4n) is 1.51. The Morgan fingerprint density at radius 2 is 1.90 bits per heavy atom. The molecule has 0 aliphatic heterocycles. The number of rotatable bonds is 10. The van der Waals surface area contributed by atoms with Crippen molar-refractivity contribution in [3.8, 4) is 5.75 Å². The first kappa shape index (κ1) is 17.2. The molecule has 0 bridgehead atoms. The topological polar surface area (TPSA) is 50.7 Å². The number of ether oxygens (including phenoxy) is 2. The van der Waals surface area contributed by atoms with Gasteiger partial charge in [0.05, 0.1) is 6.61 Å². The van der Waals surface area contributed by atoms with Crippen LogP contribution in [-0.2, 0) is 4.74 Å². The highest BCUT2D eigenvalue weighted by atomic mass is 35.5. The quantitative estimate of drug-likeness (QED) is 0.651. The normalized spacial score (nSPS) is 12.7. The van der Waals surface area contributed by atoms with E-state index in [-0.39, 0.29) is 6.61 Å². The maximum atomic E-state index is 9.76. The van der Waals surface area contributed by atoms with Crippen molar-refractivity contribution in [2.75, 3.05) is 32.9 Å². The minimum Gasteiger partial charge on any atom is -0.491 e. The van der Waals surface area contributed by atoms with Crippen LogP contribution in [-0.4, -0.2) is 44.1 Å². The van der Waals surface area contributed by atoms with Crippen molar-refractivity contribution < 1.29 is 14.6 Å². The summed E-state index contributed by atoms with van der Waals surface area (Å²) in [5, 5.41) is 13.6. The second-order valence-corrected chi connectivity index (χ2v) is 5.53. The Morgan fingerprint density at radius 1 is 1.20 bits per heavy atom. The zero-order valence-electron chi connectivity index (χ0n) is 12.1. The molecule has 0 spiro atoms. The third kappa shape index (κ3) is 8.38. The van der Waals surface area contributed by atoms with E-state index in [4.69, 9.17) is 21.1 Å². The molecule has 1 aromatic rings. The van der Waals surface area contributed by atoms with Gasteiger partial charge in [-0.3, -0.25) is 0 Å². The average Bonchev–Trinajstić information content (AvgIpc) is 2.41. The highest BCUT2D eigenvalue weighted by Crippen LogP contribution is 2.15. The fraction of sp³-hybridized carbons (Fsp3) is 0.600. The van der Waals surface area contributed by atoms with Gasteiger partial charge in [-0.2, -0.15) is 0 Å². The van der Waals surface area contributed by atoms with Crippen LogP contribution in [0.2, 0.25) is 5.02 Å². The minimum absolute atomic E-state index is 0.251. The molecule has 20 heavy (non-hydrogen) atoms. The first-order valence-electron chi connectivity index (χ1n) is 6.93. The second kappa shape index (κ2) is 10.00. The molecule has 0 aromatic heterocycles. The highest BCUT2D eigenvalue weighted by Gasteiger charge is 2.04. The summed E-state index contributed by atoms with van der Waals surface area (Å²) in [6, 6.07) is 7.08. The summed E-state index contributed by atoms with van der Waals surface area (Å²) in [7, 11) is 0. The van der Waals surface area contributed by atoms with E-state index < -0.39 is 6.10 Å². The number of nitrogens with one attached hydrogen (secondary N) is 1. The molecule has 0 radical (unpaired) electrons. The van der Waals surface area contributed by atoms with E-state index in [1.807, 2.05) is 0 Å². The van der Waals surface area contributed by atoms with Gasteiger partial charge >= 0.3 is 0 Å². The van der Waals surface area contributed by atoms with Crippen LogP contribution < -0.4 is 10.1 Å². The van der Waals surface area contributed by atoms with Crippen molar-refractivity contribution in [1.82, 2.24) is 5.32 Å². The Labute approximate surface area is 126 Å². The van der Waals surface area contributed by atoms with Crippen molar-refractivity contribution in [3.05, 3.63) is 29.3 Å². The summed E-state index contributed by atoms with van der Waals surface area (Å²) >= 11 is 5.78.